The molecule has 2 heteroatoms. The van der Waals surface area contributed by atoms with Crippen LogP contribution in [-0.2, 0) is 10.8 Å². The Morgan fingerprint density at radius 3 is 1.30 bits per heavy atom. The van der Waals surface area contributed by atoms with Crippen molar-refractivity contribution in [1.29, 1.82) is 0 Å². The molecule has 74 heavy (non-hydrogen) atoms. The molecule has 2 spiro atoms. The number of rotatable bonds is 4. The van der Waals surface area contributed by atoms with Gasteiger partial charge in [-0.2, -0.15) is 0 Å². The minimum absolute atomic E-state index is 0.510. The van der Waals surface area contributed by atoms with Gasteiger partial charge >= 0.3 is 0 Å². The van der Waals surface area contributed by atoms with E-state index in [9.17, 15) is 0 Å². The van der Waals surface area contributed by atoms with Crippen LogP contribution in [0.15, 0.2) is 265 Å². The third kappa shape index (κ3) is 4.86. The molecule has 0 N–H and O–H groups in total. The van der Waals surface area contributed by atoms with Crippen molar-refractivity contribution < 1.29 is 4.42 Å². The highest BCUT2D eigenvalue weighted by Crippen LogP contribution is 2.67. The van der Waals surface area contributed by atoms with Crippen LogP contribution < -0.4 is 4.90 Å². The Morgan fingerprint density at radius 2 is 0.676 bits per heavy atom. The summed E-state index contributed by atoms with van der Waals surface area (Å²) in [6, 6.07) is 97.8. The molecule has 17 rings (SSSR count). The molecule has 12 aromatic carbocycles. The number of hydrogen-bond acceptors (Lipinski definition) is 2. The van der Waals surface area contributed by atoms with Crippen LogP contribution in [0.2, 0.25) is 0 Å². The van der Waals surface area contributed by atoms with E-state index in [2.05, 4.69) is 266 Å². The Labute approximate surface area is 428 Å². The SMILES string of the molecule is c1ccc(N(c2ccc3c(c2)C2(c4ccccc4-c4ccccc42)c2ccccc2-3)c2cccc3c2-c2ccccc2C32c3ccccc3-c3ccccc32)c(-c2cccc3c2oc2c4ccccc4ccc32)c1. The molecule has 4 aliphatic carbocycles. The zero-order valence-corrected chi connectivity index (χ0v) is 40.2. The normalized spacial score (nSPS) is 14.2. The second kappa shape index (κ2) is 14.6. The van der Waals surface area contributed by atoms with E-state index in [1.54, 1.807) is 0 Å². The lowest BCUT2D eigenvalue weighted by Gasteiger charge is -2.34. The van der Waals surface area contributed by atoms with Crippen molar-refractivity contribution in [3.63, 3.8) is 0 Å². The fraction of sp³-hybridized carbons (Fsp3) is 0.0278. The van der Waals surface area contributed by atoms with Gasteiger partial charge in [0.15, 0.2) is 0 Å². The van der Waals surface area contributed by atoms with Crippen LogP contribution in [0.25, 0.3) is 88.3 Å². The minimum Gasteiger partial charge on any atom is -0.455 e. The number of nitrogens with zero attached hydrogens (tertiary/aromatic N) is 1. The number of hydrogen-bond donors (Lipinski definition) is 0. The Morgan fingerprint density at radius 1 is 0.257 bits per heavy atom. The maximum absolute atomic E-state index is 7.16. The summed E-state index contributed by atoms with van der Waals surface area (Å²) in [5.41, 5.74) is 27.0. The summed E-state index contributed by atoms with van der Waals surface area (Å²) in [5.74, 6) is 0. The lowest BCUT2D eigenvalue weighted by molar-refractivity contribution is 0.674. The fourth-order valence-corrected chi connectivity index (χ4v) is 14.6. The lowest BCUT2D eigenvalue weighted by atomic mass is 9.70. The van der Waals surface area contributed by atoms with Gasteiger partial charge in [-0.3, -0.25) is 0 Å². The summed E-state index contributed by atoms with van der Waals surface area (Å²) in [6.45, 7) is 0. The van der Waals surface area contributed by atoms with E-state index in [1.807, 2.05) is 0 Å². The van der Waals surface area contributed by atoms with Gasteiger partial charge in [0.1, 0.15) is 11.2 Å². The van der Waals surface area contributed by atoms with E-state index in [-0.39, 0.29) is 0 Å². The molecule has 1 heterocycles. The first-order chi connectivity index (χ1) is 36.7. The van der Waals surface area contributed by atoms with Crippen molar-refractivity contribution >= 4 is 49.8 Å². The van der Waals surface area contributed by atoms with Crippen LogP contribution in [0, 0.1) is 0 Å². The highest BCUT2D eigenvalue weighted by molar-refractivity contribution is 6.18. The average molecular weight is 938 g/mol. The van der Waals surface area contributed by atoms with E-state index in [0.29, 0.717) is 0 Å². The van der Waals surface area contributed by atoms with E-state index < -0.39 is 10.8 Å². The Kier molecular flexibility index (Phi) is 7.90. The van der Waals surface area contributed by atoms with Gasteiger partial charge in [0.25, 0.3) is 0 Å². The molecule has 0 saturated carbocycles. The highest BCUT2D eigenvalue weighted by atomic mass is 16.3. The zero-order valence-electron chi connectivity index (χ0n) is 40.2. The van der Waals surface area contributed by atoms with Crippen LogP contribution in [-0.4, -0.2) is 0 Å². The lowest BCUT2D eigenvalue weighted by Crippen LogP contribution is -2.26. The molecule has 13 aromatic rings. The van der Waals surface area contributed by atoms with Crippen molar-refractivity contribution in [2.45, 2.75) is 10.8 Å². The van der Waals surface area contributed by atoms with Crippen LogP contribution in [0.3, 0.4) is 0 Å². The molecule has 0 aliphatic heterocycles. The van der Waals surface area contributed by atoms with Gasteiger partial charge in [-0.15, -0.1) is 0 Å². The Bertz CT molecular complexity index is 4480. The number of benzene rings is 12. The summed E-state index contributed by atoms with van der Waals surface area (Å²) < 4.78 is 7.16. The van der Waals surface area contributed by atoms with E-state index in [1.165, 1.54) is 94.4 Å². The number of fused-ring (bicyclic) bond motifs is 25. The highest BCUT2D eigenvalue weighted by Gasteiger charge is 2.54. The zero-order chi connectivity index (χ0) is 48.3. The summed E-state index contributed by atoms with van der Waals surface area (Å²) in [7, 11) is 0. The Balaban J connectivity index is 0.983. The monoisotopic (exact) mass is 937 g/mol. The molecule has 0 amide bonds. The van der Waals surface area contributed by atoms with Gasteiger partial charge in [-0.25, -0.2) is 0 Å². The van der Waals surface area contributed by atoms with Gasteiger partial charge in [0.2, 0.25) is 0 Å². The summed E-state index contributed by atoms with van der Waals surface area (Å²) in [6.07, 6.45) is 0. The van der Waals surface area contributed by atoms with Gasteiger partial charge in [0, 0.05) is 38.5 Å². The second-order valence-corrected chi connectivity index (χ2v) is 20.5. The number of furan rings is 1. The molecule has 1 aromatic heterocycles. The second-order valence-electron chi connectivity index (χ2n) is 20.5. The molecular weight excluding hydrogens is 895 g/mol. The number of anilines is 3. The first-order valence-corrected chi connectivity index (χ1v) is 25.8. The third-order valence-corrected chi connectivity index (χ3v) is 17.3. The Hall–Kier alpha value is -9.50. The van der Waals surface area contributed by atoms with E-state index in [0.717, 1.165) is 55.5 Å². The largest absolute Gasteiger partial charge is 0.455 e. The number of para-hydroxylation sites is 2. The maximum Gasteiger partial charge on any atom is 0.143 e. The van der Waals surface area contributed by atoms with Crippen LogP contribution in [0.5, 0.6) is 0 Å². The first-order valence-electron chi connectivity index (χ1n) is 25.8. The van der Waals surface area contributed by atoms with Gasteiger partial charge in [-0.1, -0.05) is 231 Å². The molecule has 2 nitrogen and oxygen atoms in total. The standard InChI is InChI=1S/C72H43NO/c1-2-20-46-44(19-1)39-41-56-55-29-17-28-54(70(55)74-69(46)56)53-26-9-16-37-66(53)73(45-40-42-52-51-25-7-14-34-62(51)72(65(52)43-45)60-32-12-5-23-49(60)50-24-6-13-33-61(50)72)67-38-18-36-64-68(67)57-27-8-15-35-63(57)71(64)58-30-10-3-21-47(58)48-22-4-11-31-59(48)71/h1-43H. The predicted octanol–water partition coefficient (Wildman–Crippen LogP) is 18.6. The van der Waals surface area contributed by atoms with Crippen molar-refractivity contribution in [2.24, 2.45) is 0 Å². The van der Waals surface area contributed by atoms with Crippen LogP contribution in [0.4, 0.5) is 17.1 Å². The van der Waals surface area contributed by atoms with Gasteiger partial charge < -0.3 is 9.32 Å². The van der Waals surface area contributed by atoms with Crippen LogP contribution >= 0.6 is 0 Å². The molecule has 0 bridgehead atoms. The molecule has 4 aliphatic rings. The van der Waals surface area contributed by atoms with Crippen molar-refractivity contribution in [3.05, 3.63) is 305 Å². The molecule has 0 unspecified atom stereocenters. The first kappa shape index (κ1) is 40.1. The van der Waals surface area contributed by atoms with Crippen molar-refractivity contribution in [1.82, 2.24) is 0 Å². The quantitative estimate of drug-likeness (QED) is 0.175. The average Bonchev–Trinajstić information content (AvgIpc) is 4.43. The minimum atomic E-state index is -0.518. The smallest absolute Gasteiger partial charge is 0.143 e. The van der Waals surface area contributed by atoms with Crippen LogP contribution in [0.1, 0.15) is 44.5 Å². The van der Waals surface area contributed by atoms with E-state index >= 15 is 0 Å². The summed E-state index contributed by atoms with van der Waals surface area (Å²) in [4.78, 5) is 2.58. The molecule has 0 radical (unpaired) electrons. The molecule has 0 atom stereocenters. The third-order valence-electron chi connectivity index (χ3n) is 17.3. The fourth-order valence-electron chi connectivity index (χ4n) is 14.6. The summed E-state index contributed by atoms with van der Waals surface area (Å²) >= 11 is 0. The molecule has 342 valence electrons. The molecule has 0 saturated heterocycles. The maximum atomic E-state index is 7.16. The predicted molar refractivity (Wildman–Crippen MR) is 304 cm³/mol. The topological polar surface area (TPSA) is 16.4 Å². The van der Waals surface area contributed by atoms with E-state index in [4.69, 9.17) is 4.42 Å². The molecular formula is C72H43NO. The van der Waals surface area contributed by atoms with Crippen molar-refractivity contribution in [3.8, 4) is 55.6 Å². The van der Waals surface area contributed by atoms with Crippen molar-refractivity contribution in [2.75, 3.05) is 4.90 Å². The summed E-state index contributed by atoms with van der Waals surface area (Å²) in [5, 5.41) is 4.51. The van der Waals surface area contributed by atoms with Gasteiger partial charge in [0.05, 0.1) is 22.2 Å². The molecule has 0 fully saturated rings. The van der Waals surface area contributed by atoms with Gasteiger partial charge in [-0.05, 0) is 119 Å².